The summed E-state index contributed by atoms with van der Waals surface area (Å²) < 4.78 is 36.6. The number of unbranched alkanes of at least 4 members (excludes halogenated alkanes) is 1. The van der Waals surface area contributed by atoms with Crippen molar-refractivity contribution >= 4 is 26.2 Å². The van der Waals surface area contributed by atoms with E-state index in [1.54, 1.807) is 0 Å². The van der Waals surface area contributed by atoms with Crippen LogP contribution < -0.4 is 0 Å². The van der Waals surface area contributed by atoms with Crippen molar-refractivity contribution in [3.8, 4) is 0 Å². The minimum absolute atomic E-state index is 0.156. The van der Waals surface area contributed by atoms with Gasteiger partial charge < -0.3 is 0 Å². The van der Waals surface area contributed by atoms with Gasteiger partial charge in [0.05, 0.1) is 0 Å². The predicted octanol–water partition coefficient (Wildman–Crippen LogP) is 5.20. The maximum Gasteiger partial charge on any atom is 0.389 e. The number of allylic oxidation sites excluding steroid dienone is 1. The fourth-order valence-electron chi connectivity index (χ4n) is 1.25. The van der Waals surface area contributed by atoms with Gasteiger partial charge in [-0.15, -0.1) is 0 Å². The van der Waals surface area contributed by atoms with Crippen LogP contribution in [-0.4, -0.2) is 6.18 Å². The Balaban J connectivity index is 2.41. The van der Waals surface area contributed by atoms with Crippen LogP contribution in [0.25, 0.3) is 3.58 Å². The molecule has 0 saturated carbocycles. The second-order valence-electron chi connectivity index (χ2n) is 3.43. The van der Waals surface area contributed by atoms with E-state index in [-0.39, 0.29) is 6.42 Å². The maximum atomic E-state index is 11.9. The third kappa shape index (κ3) is 5.53. The third-order valence-corrected chi connectivity index (χ3v) is 3.10. The van der Waals surface area contributed by atoms with E-state index in [0.29, 0.717) is 6.42 Å². The van der Waals surface area contributed by atoms with Crippen molar-refractivity contribution < 1.29 is 13.2 Å². The van der Waals surface area contributed by atoms with E-state index in [2.05, 4.69) is 22.6 Å². The molecule has 4 heteroatoms. The van der Waals surface area contributed by atoms with Crippen molar-refractivity contribution in [1.29, 1.82) is 0 Å². The fourth-order valence-corrected chi connectivity index (χ4v) is 1.92. The molecule has 0 bridgehead atoms. The lowest BCUT2D eigenvalue weighted by Crippen LogP contribution is -2.05. The number of alkyl halides is 3. The van der Waals surface area contributed by atoms with Crippen LogP contribution in [-0.2, 0) is 0 Å². The molecule has 1 aromatic carbocycles. The van der Waals surface area contributed by atoms with Gasteiger partial charge in [0.25, 0.3) is 0 Å². The Labute approximate surface area is 107 Å². The molecule has 0 aliphatic heterocycles. The van der Waals surface area contributed by atoms with Crippen molar-refractivity contribution in [2.45, 2.75) is 25.4 Å². The van der Waals surface area contributed by atoms with E-state index < -0.39 is 12.6 Å². The normalized spacial score (nSPS) is 12.9. The second kappa shape index (κ2) is 6.27. The summed E-state index contributed by atoms with van der Waals surface area (Å²) in [5.74, 6) is 0. The molecule has 0 radical (unpaired) electrons. The zero-order chi connectivity index (χ0) is 12.0. The highest BCUT2D eigenvalue weighted by atomic mass is 127. The van der Waals surface area contributed by atoms with Gasteiger partial charge in [0.15, 0.2) is 0 Å². The van der Waals surface area contributed by atoms with Gasteiger partial charge in [0, 0.05) is 10.0 Å². The summed E-state index contributed by atoms with van der Waals surface area (Å²) in [5, 5.41) is 0. The molecule has 0 saturated heterocycles. The summed E-state index contributed by atoms with van der Waals surface area (Å²) in [4.78, 5) is 0. The minimum atomic E-state index is -4.04. The first-order valence-corrected chi connectivity index (χ1v) is 6.05. The molecule has 0 heterocycles. The smallest absolute Gasteiger partial charge is 0.171 e. The molecule has 0 unspecified atom stereocenters. The number of hydrogen-bond acceptors (Lipinski definition) is 0. The summed E-state index contributed by atoms with van der Waals surface area (Å²) in [6, 6.07) is 9.64. The lowest BCUT2D eigenvalue weighted by molar-refractivity contribution is -0.135. The SMILES string of the molecule is FC(F)(F)CCCC=C(I)c1ccccc1. The highest BCUT2D eigenvalue weighted by molar-refractivity contribution is 14.1. The summed E-state index contributed by atoms with van der Waals surface area (Å²) in [5.41, 5.74) is 1.05. The van der Waals surface area contributed by atoms with Gasteiger partial charge in [-0.25, -0.2) is 0 Å². The molecule has 0 nitrogen and oxygen atoms in total. The van der Waals surface area contributed by atoms with Crippen LogP contribution in [0, 0.1) is 0 Å². The molecule has 0 aliphatic rings. The lowest BCUT2D eigenvalue weighted by Gasteiger charge is -2.04. The Hall–Kier alpha value is -0.520. The number of rotatable bonds is 4. The van der Waals surface area contributed by atoms with Gasteiger partial charge in [-0.2, -0.15) is 13.2 Å². The Morgan fingerprint density at radius 3 is 2.38 bits per heavy atom. The number of hydrogen-bond donors (Lipinski definition) is 0. The van der Waals surface area contributed by atoms with Crippen LogP contribution >= 0.6 is 22.6 Å². The first kappa shape index (κ1) is 13.5. The van der Waals surface area contributed by atoms with Crippen LogP contribution in [0.5, 0.6) is 0 Å². The van der Waals surface area contributed by atoms with Crippen molar-refractivity contribution in [1.82, 2.24) is 0 Å². The topological polar surface area (TPSA) is 0 Å². The van der Waals surface area contributed by atoms with Crippen LogP contribution in [0.15, 0.2) is 36.4 Å². The zero-order valence-corrected chi connectivity index (χ0v) is 10.8. The van der Waals surface area contributed by atoms with Crippen molar-refractivity contribution in [3.63, 3.8) is 0 Å². The highest BCUT2D eigenvalue weighted by Crippen LogP contribution is 2.25. The van der Waals surface area contributed by atoms with Gasteiger partial charge in [-0.1, -0.05) is 36.4 Å². The summed E-state index contributed by atoms with van der Waals surface area (Å²) >= 11 is 2.15. The van der Waals surface area contributed by atoms with Crippen LogP contribution in [0.4, 0.5) is 13.2 Å². The van der Waals surface area contributed by atoms with Gasteiger partial charge >= 0.3 is 6.18 Å². The van der Waals surface area contributed by atoms with Gasteiger partial charge in [-0.3, -0.25) is 0 Å². The summed E-state index contributed by atoms with van der Waals surface area (Å²) in [6.45, 7) is 0. The molecule has 0 aromatic heterocycles. The number of benzene rings is 1. The van der Waals surface area contributed by atoms with E-state index >= 15 is 0 Å². The van der Waals surface area contributed by atoms with Crippen LogP contribution in [0.3, 0.4) is 0 Å². The summed E-state index contributed by atoms with van der Waals surface area (Å²) in [6.07, 6.45) is -2.27. The fraction of sp³-hybridized carbons (Fsp3) is 0.333. The Bertz CT molecular complexity index is 341. The molecule has 0 fully saturated rings. The molecule has 0 aliphatic carbocycles. The summed E-state index contributed by atoms with van der Waals surface area (Å²) in [7, 11) is 0. The number of halogens is 4. The van der Waals surface area contributed by atoms with Crippen molar-refractivity contribution in [3.05, 3.63) is 42.0 Å². The molecule has 1 rings (SSSR count). The first-order valence-electron chi connectivity index (χ1n) is 4.97. The maximum absolute atomic E-state index is 11.9. The predicted molar refractivity (Wildman–Crippen MR) is 68.3 cm³/mol. The van der Waals surface area contributed by atoms with Gasteiger partial charge in [0.2, 0.25) is 0 Å². The molecule has 16 heavy (non-hydrogen) atoms. The molecule has 0 spiro atoms. The average Bonchev–Trinajstić information content (AvgIpc) is 2.24. The van der Waals surface area contributed by atoms with E-state index in [4.69, 9.17) is 0 Å². The second-order valence-corrected chi connectivity index (χ2v) is 4.59. The van der Waals surface area contributed by atoms with E-state index in [1.807, 2.05) is 36.4 Å². The largest absolute Gasteiger partial charge is 0.389 e. The van der Waals surface area contributed by atoms with Gasteiger partial charge in [0.1, 0.15) is 0 Å². The standard InChI is InChI=1S/C12H12F3I/c13-12(14,15)9-5-4-8-11(16)10-6-2-1-3-7-10/h1-3,6-8H,4-5,9H2. The van der Waals surface area contributed by atoms with E-state index in [1.165, 1.54) is 0 Å². The first-order chi connectivity index (χ1) is 7.49. The van der Waals surface area contributed by atoms with Crippen molar-refractivity contribution in [2.24, 2.45) is 0 Å². The molecule has 0 amide bonds. The zero-order valence-electron chi connectivity index (χ0n) is 8.60. The molecule has 0 atom stereocenters. The van der Waals surface area contributed by atoms with E-state index in [0.717, 1.165) is 9.14 Å². The molecular formula is C12H12F3I. The monoisotopic (exact) mass is 340 g/mol. The Morgan fingerprint density at radius 1 is 1.19 bits per heavy atom. The highest BCUT2D eigenvalue weighted by Gasteiger charge is 2.25. The van der Waals surface area contributed by atoms with Crippen LogP contribution in [0.1, 0.15) is 24.8 Å². The van der Waals surface area contributed by atoms with Crippen LogP contribution in [0.2, 0.25) is 0 Å². The lowest BCUT2D eigenvalue weighted by atomic mass is 10.1. The minimum Gasteiger partial charge on any atom is -0.171 e. The quantitative estimate of drug-likeness (QED) is 0.522. The van der Waals surface area contributed by atoms with E-state index in [9.17, 15) is 13.2 Å². The molecular weight excluding hydrogens is 328 g/mol. The Kier molecular flexibility index (Phi) is 5.31. The molecule has 88 valence electrons. The average molecular weight is 340 g/mol. The third-order valence-electron chi connectivity index (χ3n) is 2.04. The molecule has 0 N–H and O–H groups in total. The molecule has 1 aromatic rings. The van der Waals surface area contributed by atoms with Crippen molar-refractivity contribution in [2.75, 3.05) is 0 Å². The van der Waals surface area contributed by atoms with Gasteiger partial charge in [-0.05, 0) is 41.0 Å². The Morgan fingerprint density at radius 2 is 1.81 bits per heavy atom.